The van der Waals surface area contributed by atoms with E-state index in [2.05, 4.69) is 10.6 Å². The van der Waals surface area contributed by atoms with Crippen LogP contribution < -0.4 is 10.6 Å². The van der Waals surface area contributed by atoms with Crippen molar-refractivity contribution in [2.75, 3.05) is 17.2 Å². The molecular formula is C19H15ClN4O5. The third kappa shape index (κ3) is 5.54. The van der Waals surface area contributed by atoms with Crippen LogP contribution in [0, 0.1) is 21.4 Å². The van der Waals surface area contributed by atoms with Crippen LogP contribution in [-0.4, -0.2) is 23.4 Å². The zero-order chi connectivity index (χ0) is 21.4. The Balaban J connectivity index is 2.20. The average Bonchev–Trinajstić information content (AvgIpc) is 2.70. The molecule has 2 rings (SSSR count). The van der Waals surface area contributed by atoms with Crippen LogP contribution in [0.15, 0.2) is 54.2 Å². The molecule has 10 heteroatoms. The second kappa shape index (κ2) is 9.87. The highest BCUT2D eigenvalue weighted by Crippen LogP contribution is 2.27. The van der Waals surface area contributed by atoms with Crippen LogP contribution in [0.4, 0.5) is 17.1 Å². The molecule has 2 aromatic carbocycles. The number of rotatable bonds is 7. The molecule has 0 aromatic heterocycles. The second-order valence-corrected chi connectivity index (χ2v) is 5.86. The van der Waals surface area contributed by atoms with Gasteiger partial charge in [0, 0.05) is 18.0 Å². The summed E-state index contributed by atoms with van der Waals surface area (Å²) in [6.07, 6.45) is 1.09. The summed E-state index contributed by atoms with van der Waals surface area (Å²) in [7, 11) is 0. The number of benzene rings is 2. The maximum Gasteiger partial charge on any atom is 0.340 e. The fourth-order valence-electron chi connectivity index (χ4n) is 2.22. The largest absolute Gasteiger partial charge is 0.462 e. The fraction of sp³-hybridized carbons (Fsp3) is 0.105. The molecule has 2 N–H and O–H groups in total. The van der Waals surface area contributed by atoms with Gasteiger partial charge >= 0.3 is 5.97 Å². The van der Waals surface area contributed by atoms with Gasteiger partial charge in [-0.15, -0.1) is 0 Å². The number of hydrogen-bond acceptors (Lipinski definition) is 7. The molecule has 0 saturated carbocycles. The number of nitrogens with one attached hydrogen (secondary N) is 2. The molecule has 0 aliphatic heterocycles. The van der Waals surface area contributed by atoms with E-state index in [4.69, 9.17) is 16.3 Å². The molecule has 0 atom stereocenters. The lowest BCUT2D eigenvalue weighted by Gasteiger charge is -2.10. The first-order chi connectivity index (χ1) is 13.9. The lowest BCUT2D eigenvalue weighted by Crippen LogP contribution is -2.17. The van der Waals surface area contributed by atoms with Crippen LogP contribution in [0.5, 0.6) is 0 Å². The van der Waals surface area contributed by atoms with Crippen LogP contribution in [0.1, 0.15) is 17.3 Å². The molecular weight excluding hydrogens is 400 g/mol. The normalized spacial score (nSPS) is 10.6. The van der Waals surface area contributed by atoms with E-state index in [1.54, 1.807) is 25.1 Å². The van der Waals surface area contributed by atoms with Gasteiger partial charge in [-0.3, -0.25) is 14.9 Å². The van der Waals surface area contributed by atoms with Crippen molar-refractivity contribution >= 4 is 40.5 Å². The summed E-state index contributed by atoms with van der Waals surface area (Å²) in [5.41, 5.74) is -0.0632. The topological polar surface area (TPSA) is 134 Å². The molecule has 0 heterocycles. The fourth-order valence-corrected chi connectivity index (χ4v) is 2.40. The number of carbonyl (C=O) groups is 2. The minimum absolute atomic E-state index is 0.0432. The SMILES string of the molecule is CCOC(=O)c1ccccc1NC(=O)/C(C#N)=C\Nc1ccc(Cl)c([N+](=O)[O-])c1. The van der Waals surface area contributed by atoms with E-state index in [0.29, 0.717) is 0 Å². The van der Waals surface area contributed by atoms with Crippen molar-refractivity contribution in [1.29, 1.82) is 5.26 Å². The minimum atomic E-state index is -0.778. The van der Waals surface area contributed by atoms with Crippen LogP contribution in [0.25, 0.3) is 0 Å². The van der Waals surface area contributed by atoms with Crippen LogP contribution in [0.3, 0.4) is 0 Å². The van der Waals surface area contributed by atoms with Crippen LogP contribution in [0.2, 0.25) is 5.02 Å². The maximum absolute atomic E-state index is 12.4. The Morgan fingerprint density at radius 2 is 2.03 bits per heavy atom. The van der Waals surface area contributed by atoms with E-state index < -0.39 is 16.8 Å². The number of halogens is 1. The Morgan fingerprint density at radius 3 is 2.69 bits per heavy atom. The van der Waals surface area contributed by atoms with E-state index in [0.717, 1.165) is 6.20 Å². The van der Waals surface area contributed by atoms with E-state index in [1.807, 2.05) is 0 Å². The number of carbonyl (C=O) groups excluding carboxylic acids is 2. The van der Waals surface area contributed by atoms with Gasteiger partial charge in [0.05, 0.1) is 22.8 Å². The number of nitrogens with zero attached hydrogens (tertiary/aromatic N) is 2. The monoisotopic (exact) mass is 414 g/mol. The van der Waals surface area contributed by atoms with Crippen molar-refractivity contribution in [3.8, 4) is 6.07 Å². The Hall–Kier alpha value is -3.90. The number of nitriles is 1. The van der Waals surface area contributed by atoms with Crippen molar-refractivity contribution < 1.29 is 19.2 Å². The van der Waals surface area contributed by atoms with Gasteiger partial charge in [0.1, 0.15) is 16.7 Å². The van der Waals surface area contributed by atoms with Gasteiger partial charge in [0.15, 0.2) is 0 Å². The molecule has 0 aliphatic rings. The molecule has 0 unspecified atom stereocenters. The molecule has 148 valence electrons. The summed E-state index contributed by atoms with van der Waals surface area (Å²) in [5.74, 6) is -1.39. The standard InChI is InChI=1S/C19H15ClN4O5/c1-2-29-19(26)14-5-3-4-6-16(14)23-18(25)12(10-21)11-22-13-7-8-15(20)17(9-13)24(27)28/h3-9,11,22H,2H2,1H3,(H,23,25)/b12-11-. The first-order valence-electron chi connectivity index (χ1n) is 8.25. The quantitative estimate of drug-likeness (QED) is 0.231. The van der Waals surface area contributed by atoms with Gasteiger partial charge in [-0.2, -0.15) is 5.26 Å². The summed E-state index contributed by atoms with van der Waals surface area (Å²) in [6.45, 7) is 1.82. The maximum atomic E-state index is 12.4. The van der Waals surface area contributed by atoms with Gasteiger partial charge < -0.3 is 15.4 Å². The summed E-state index contributed by atoms with van der Waals surface area (Å²) in [6, 6.07) is 11.9. The summed E-state index contributed by atoms with van der Waals surface area (Å²) >= 11 is 5.75. The highest BCUT2D eigenvalue weighted by Gasteiger charge is 2.17. The Labute approximate surface area is 170 Å². The lowest BCUT2D eigenvalue weighted by molar-refractivity contribution is -0.384. The van der Waals surface area contributed by atoms with E-state index in [-0.39, 0.29) is 39.8 Å². The van der Waals surface area contributed by atoms with Gasteiger partial charge in [-0.25, -0.2) is 4.79 Å². The molecule has 0 saturated heterocycles. The second-order valence-electron chi connectivity index (χ2n) is 5.46. The minimum Gasteiger partial charge on any atom is -0.462 e. The Kier molecular flexibility index (Phi) is 7.28. The highest BCUT2D eigenvalue weighted by molar-refractivity contribution is 6.32. The van der Waals surface area contributed by atoms with E-state index >= 15 is 0 Å². The van der Waals surface area contributed by atoms with E-state index in [9.17, 15) is 25.0 Å². The van der Waals surface area contributed by atoms with Crippen molar-refractivity contribution in [1.82, 2.24) is 0 Å². The molecule has 9 nitrogen and oxygen atoms in total. The first kappa shape index (κ1) is 21.4. The zero-order valence-corrected chi connectivity index (χ0v) is 15.9. The summed E-state index contributed by atoms with van der Waals surface area (Å²) in [5, 5.41) is 25.3. The molecule has 0 fully saturated rings. The molecule has 0 radical (unpaired) electrons. The molecule has 0 aliphatic carbocycles. The van der Waals surface area contributed by atoms with Gasteiger partial charge in [-0.05, 0) is 31.2 Å². The molecule has 2 aromatic rings. The van der Waals surface area contributed by atoms with Gasteiger partial charge in [0.25, 0.3) is 11.6 Å². The highest BCUT2D eigenvalue weighted by atomic mass is 35.5. The molecule has 1 amide bonds. The third-order valence-corrected chi connectivity index (χ3v) is 3.88. The lowest BCUT2D eigenvalue weighted by atomic mass is 10.1. The Bertz CT molecular complexity index is 1030. The first-order valence-corrected chi connectivity index (χ1v) is 8.63. The number of amides is 1. The zero-order valence-electron chi connectivity index (χ0n) is 15.1. The molecule has 0 spiro atoms. The predicted octanol–water partition coefficient (Wildman–Crippen LogP) is 3.88. The van der Waals surface area contributed by atoms with Crippen LogP contribution >= 0.6 is 11.6 Å². The van der Waals surface area contributed by atoms with Crippen molar-refractivity contribution in [2.24, 2.45) is 0 Å². The number of esters is 1. The number of ether oxygens (including phenoxy) is 1. The number of nitro groups is 1. The van der Waals surface area contributed by atoms with E-state index in [1.165, 1.54) is 30.3 Å². The number of hydrogen-bond donors (Lipinski definition) is 2. The average molecular weight is 415 g/mol. The van der Waals surface area contributed by atoms with Gasteiger partial charge in [0.2, 0.25) is 0 Å². The smallest absolute Gasteiger partial charge is 0.340 e. The van der Waals surface area contributed by atoms with Crippen molar-refractivity contribution in [2.45, 2.75) is 6.92 Å². The molecule has 29 heavy (non-hydrogen) atoms. The van der Waals surface area contributed by atoms with Crippen LogP contribution in [-0.2, 0) is 9.53 Å². The number of para-hydroxylation sites is 1. The predicted molar refractivity (Wildman–Crippen MR) is 106 cm³/mol. The Morgan fingerprint density at radius 1 is 1.31 bits per heavy atom. The summed E-state index contributed by atoms with van der Waals surface area (Å²) in [4.78, 5) is 34.7. The third-order valence-electron chi connectivity index (χ3n) is 3.56. The van der Waals surface area contributed by atoms with Gasteiger partial charge in [-0.1, -0.05) is 23.7 Å². The molecule has 0 bridgehead atoms. The van der Waals surface area contributed by atoms with Crippen molar-refractivity contribution in [3.63, 3.8) is 0 Å². The van der Waals surface area contributed by atoms with Crippen molar-refractivity contribution in [3.05, 3.63) is 74.9 Å². The number of anilines is 2. The summed E-state index contributed by atoms with van der Waals surface area (Å²) < 4.78 is 4.93. The number of nitro benzene ring substituents is 1.